The lowest BCUT2D eigenvalue weighted by molar-refractivity contribution is 0.797. The zero-order valence-corrected chi connectivity index (χ0v) is 28.2. The van der Waals surface area contributed by atoms with Gasteiger partial charge in [0.2, 0.25) is 0 Å². The van der Waals surface area contributed by atoms with Gasteiger partial charge in [-0.05, 0) is 60.0 Å². The average molecular weight is 652 g/mol. The fraction of sp³-hybridized carbons (Fsp3) is 0.0417. The summed E-state index contributed by atoms with van der Waals surface area (Å²) in [5, 5.41) is 2.45. The van der Waals surface area contributed by atoms with Crippen LogP contribution < -0.4 is 0 Å². The molecule has 1 aromatic heterocycles. The van der Waals surface area contributed by atoms with E-state index in [0.717, 1.165) is 56.3 Å². The van der Waals surface area contributed by atoms with Crippen LogP contribution >= 0.6 is 0 Å². The number of aliphatic imine (C=N–C) groups is 2. The highest BCUT2D eigenvalue weighted by Crippen LogP contribution is 2.51. The normalized spacial score (nSPS) is 17.1. The van der Waals surface area contributed by atoms with Crippen LogP contribution in [-0.4, -0.2) is 16.0 Å². The van der Waals surface area contributed by atoms with E-state index in [1.54, 1.807) is 0 Å². The van der Waals surface area contributed by atoms with Crippen LogP contribution in [0.25, 0.3) is 39.1 Å². The molecule has 3 heterocycles. The first kappa shape index (κ1) is 29.3. The molecule has 0 saturated carbocycles. The second-order valence-corrected chi connectivity index (χ2v) is 13.5. The highest BCUT2D eigenvalue weighted by molar-refractivity contribution is 6.39. The molecule has 1 unspecified atom stereocenters. The summed E-state index contributed by atoms with van der Waals surface area (Å²) >= 11 is 0. The zero-order valence-electron chi connectivity index (χ0n) is 28.2. The highest BCUT2D eigenvalue weighted by atomic mass is 15.0. The first-order valence-electron chi connectivity index (χ1n) is 17.5. The van der Waals surface area contributed by atoms with Gasteiger partial charge in [0.05, 0.1) is 39.2 Å². The minimum atomic E-state index is -0.481. The zero-order chi connectivity index (χ0) is 33.9. The molecule has 51 heavy (non-hydrogen) atoms. The third-order valence-corrected chi connectivity index (χ3v) is 10.6. The van der Waals surface area contributed by atoms with Crippen molar-refractivity contribution in [1.29, 1.82) is 0 Å². The Bertz CT molecular complexity index is 2720. The van der Waals surface area contributed by atoms with E-state index in [0.29, 0.717) is 0 Å². The fourth-order valence-electron chi connectivity index (χ4n) is 8.21. The molecule has 0 aliphatic carbocycles. The van der Waals surface area contributed by atoms with Gasteiger partial charge in [-0.2, -0.15) is 0 Å². The summed E-state index contributed by atoms with van der Waals surface area (Å²) < 4.78 is 2.45. The average Bonchev–Trinajstić information content (AvgIpc) is 3.84. The number of nitrogens with zero attached hydrogens (tertiary/aromatic N) is 3. The molecule has 0 amide bonds. The maximum Gasteiger partial charge on any atom is 0.0788 e. The van der Waals surface area contributed by atoms with E-state index < -0.39 is 5.41 Å². The number of aromatic nitrogens is 1. The van der Waals surface area contributed by atoms with E-state index in [2.05, 4.69) is 193 Å². The lowest BCUT2D eigenvalue weighted by Crippen LogP contribution is -2.32. The Labute approximate surface area is 297 Å². The van der Waals surface area contributed by atoms with E-state index >= 15 is 0 Å². The molecule has 2 aliphatic heterocycles. The van der Waals surface area contributed by atoms with Crippen molar-refractivity contribution in [2.75, 3.05) is 0 Å². The van der Waals surface area contributed by atoms with Crippen molar-refractivity contribution in [1.82, 2.24) is 4.57 Å². The third kappa shape index (κ3) is 4.52. The van der Waals surface area contributed by atoms with Gasteiger partial charge in [-0.15, -0.1) is 0 Å². The fourth-order valence-corrected chi connectivity index (χ4v) is 8.21. The van der Waals surface area contributed by atoms with Crippen molar-refractivity contribution in [2.24, 2.45) is 9.98 Å². The summed E-state index contributed by atoms with van der Waals surface area (Å²) in [7, 11) is 0. The molecule has 3 nitrogen and oxygen atoms in total. The van der Waals surface area contributed by atoms with Crippen LogP contribution in [0.3, 0.4) is 0 Å². The molecule has 10 rings (SSSR count). The molecule has 0 radical (unpaired) electrons. The molecule has 7 aromatic carbocycles. The van der Waals surface area contributed by atoms with Crippen molar-refractivity contribution in [3.63, 3.8) is 0 Å². The molecule has 1 atom stereocenters. The molecule has 0 bridgehead atoms. The second-order valence-electron chi connectivity index (χ2n) is 13.5. The number of allylic oxidation sites excluding steroid dienone is 1. The number of fused-ring (bicyclic) bond motifs is 6. The maximum atomic E-state index is 5.42. The topological polar surface area (TPSA) is 29.6 Å². The highest BCUT2D eigenvalue weighted by Gasteiger charge is 2.44. The van der Waals surface area contributed by atoms with Crippen molar-refractivity contribution in [2.45, 2.75) is 12.3 Å². The predicted molar refractivity (Wildman–Crippen MR) is 213 cm³/mol. The van der Waals surface area contributed by atoms with Gasteiger partial charge in [-0.25, -0.2) is 4.99 Å². The van der Waals surface area contributed by atoms with Crippen molar-refractivity contribution in [3.8, 4) is 5.69 Å². The monoisotopic (exact) mass is 651 g/mol. The van der Waals surface area contributed by atoms with E-state index in [4.69, 9.17) is 9.98 Å². The van der Waals surface area contributed by atoms with Gasteiger partial charge in [0.15, 0.2) is 0 Å². The van der Waals surface area contributed by atoms with E-state index in [-0.39, 0.29) is 0 Å². The van der Waals surface area contributed by atoms with Gasteiger partial charge in [0.25, 0.3) is 0 Å². The minimum absolute atomic E-state index is 0.481. The van der Waals surface area contributed by atoms with Crippen LogP contribution in [0.2, 0.25) is 0 Å². The molecule has 0 N–H and O–H groups in total. The van der Waals surface area contributed by atoms with E-state index in [1.807, 2.05) is 0 Å². The van der Waals surface area contributed by atoms with E-state index in [1.165, 1.54) is 32.9 Å². The number of rotatable bonds is 5. The smallest absolute Gasteiger partial charge is 0.0788 e. The van der Waals surface area contributed by atoms with Gasteiger partial charge < -0.3 is 4.57 Å². The number of para-hydroxylation sites is 2. The summed E-state index contributed by atoms with van der Waals surface area (Å²) in [5.41, 5.74) is 15.2. The molecular weight excluding hydrogens is 619 g/mol. The van der Waals surface area contributed by atoms with Crippen LogP contribution in [0.1, 0.15) is 40.3 Å². The Kier molecular flexibility index (Phi) is 6.62. The molecule has 2 aliphatic rings. The Morgan fingerprint density at radius 3 is 1.98 bits per heavy atom. The molecule has 3 heteroatoms. The van der Waals surface area contributed by atoms with Gasteiger partial charge in [-0.1, -0.05) is 146 Å². The van der Waals surface area contributed by atoms with Crippen LogP contribution in [0, 0.1) is 0 Å². The summed E-state index contributed by atoms with van der Waals surface area (Å²) in [5.74, 6) is 0. The lowest BCUT2D eigenvalue weighted by atomic mass is 9.71. The van der Waals surface area contributed by atoms with Crippen LogP contribution in [0.4, 0.5) is 11.4 Å². The standard InChI is InChI=1S/C48H33N3/c1-48(35-19-9-4-10-20-35)44-42(50-47(48)34-17-7-3-8-18-34)30-29-39-38-22-12-14-24-43(38)51(46(39)44)36-27-25-33(26-28-36)45-40(31-32-15-5-2-6-16-32)37-21-11-13-23-41(37)49-45/h2-31H,1H3. The summed E-state index contributed by atoms with van der Waals surface area (Å²) in [6.45, 7) is 2.35. The second kappa shape index (κ2) is 11.5. The Morgan fingerprint density at radius 2 is 1.20 bits per heavy atom. The molecule has 0 spiro atoms. The lowest BCUT2D eigenvalue weighted by Gasteiger charge is -2.30. The Morgan fingerprint density at radius 1 is 0.529 bits per heavy atom. The van der Waals surface area contributed by atoms with Gasteiger partial charge in [0.1, 0.15) is 0 Å². The quantitative estimate of drug-likeness (QED) is 0.177. The summed E-state index contributed by atoms with van der Waals surface area (Å²) in [6.07, 6.45) is 2.25. The van der Waals surface area contributed by atoms with Crippen molar-refractivity contribution in [3.05, 3.63) is 209 Å². The number of hydrogen-bond donors (Lipinski definition) is 0. The Hall–Kier alpha value is -6.58. The summed E-state index contributed by atoms with van der Waals surface area (Å²) in [4.78, 5) is 10.6. The van der Waals surface area contributed by atoms with Crippen LogP contribution in [0.15, 0.2) is 186 Å². The number of benzene rings is 7. The Balaban J connectivity index is 1.18. The number of hydrogen-bond acceptors (Lipinski definition) is 2. The minimum Gasteiger partial charge on any atom is -0.309 e. The van der Waals surface area contributed by atoms with Crippen LogP contribution in [0.5, 0.6) is 0 Å². The van der Waals surface area contributed by atoms with E-state index in [9.17, 15) is 0 Å². The van der Waals surface area contributed by atoms with Gasteiger partial charge in [-0.3, -0.25) is 4.99 Å². The maximum absolute atomic E-state index is 5.42. The SMILES string of the molecule is CC1(c2ccccc2)C(c2ccccc2)=Nc2ccc3c4ccccc4n(-c4ccc(C5=Nc6ccccc6C5=Cc5ccccc5)cc4)c3c21. The predicted octanol–water partition coefficient (Wildman–Crippen LogP) is 11.9. The van der Waals surface area contributed by atoms with Gasteiger partial charge >= 0.3 is 0 Å². The molecule has 0 fully saturated rings. The first-order valence-corrected chi connectivity index (χ1v) is 17.5. The van der Waals surface area contributed by atoms with Crippen molar-refractivity contribution < 1.29 is 0 Å². The first-order chi connectivity index (χ1) is 25.2. The summed E-state index contributed by atoms with van der Waals surface area (Å²) in [6, 6.07) is 62.6. The van der Waals surface area contributed by atoms with Crippen molar-refractivity contribution >= 4 is 56.3 Å². The van der Waals surface area contributed by atoms with Gasteiger partial charge in [0, 0.05) is 38.7 Å². The molecular formula is C48H33N3. The third-order valence-electron chi connectivity index (χ3n) is 10.6. The largest absolute Gasteiger partial charge is 0.309 e. The molecule has 240 valence electrons. The van der Waals surface area contributed by atoms with Crippen LogP contribution in [-0.2, 0) is 5.41 Å². The molecule has 0 saturated heterocycles. The molecule has 8 aromatic rings.